The van der Waals surface area contributed by atoms with Gasteiger partial charge >= 0.3 is 0 Å². The van der Waals surface area contributed by atoms with Gasteiger partial charge in [0.05, 0.1) is 0 Å². The molecule has 142 valence electrons. The van der Waals surface area contributed by atoms with Crippen LogP contribution in [0.4, 0.5) is 0 Å². The summed E-state index contributed by atoms with van der Waals surface area (Å²) in [5.74, 6) is 3.56. The maximum absolute atomic E-state index is 2.64. The van der Waals surface area contributed by atoms with Gasteiger partial charge in [-0.25, -0.2) is 0 Å². The fourth-order valence-corrected chi connectivity index (χ4v) is 7.02. The summed E-state index contributed by atoms with van der Waals surface area (Å²) in [5.41, 5.74) is 4.47. The van der Waals surface area contributed by atoms with E-state index in [1.54, 1.807) is 11.1 Å². The fraction of sp³-hybridized carbons (Fsp3) is 0.840. The van der Waals surface area contributed by atoms with Crippen LogP contribution in [0.1, 0.15) is 99.3 Å². The van der Waals surface area contributed by atoms with Gasteiger partial charge in [0, 0.05) is 0 Å². The summed E-state index contributed by atoms with van der Waals surface area (Å²) < 4.78 is 0. The highest BCUT2D eigenvalue weighted by molar-refractivity contribution is 5.30. The lowest BCUT2D eigenvalue weighted by molar-refractivity contribution is 0.0359. The molecule has 3 aliphatic rings. The van der Waals surface area contributed by atoms with E-state index in [0.29, 0.717) is 10.8 Å². The first kappa shape index (κ1) is 19.2. The molecule has 6 atom stereocenters. The second-order valence-electron chi connectivity index (χ2n) is 10.5. The highest BCUT2D eigenvalue weighted by atomic mass is 14.6. The average molecular weight is 343 g/mol. The Balaban J connectivity index is 1.85. The van der Waals surface area contributed by atoms with Crippen LogP contribution >= 0.6 is 0 Å². The van der Waals surface area contributed by atoms with E-state index < -0.39 is 0 Å². The molecule has 0 saturated heterocycles. The number of allylic oxidation sites excluding steroid dienone is 4. The number of hydrogen-bond donors (Lipinski definition) is 0. The van der Waals surface area contributed by atoms with Crippen LogP contribution in [0, 0.1) is 34.5 Å². The molecular weight excluding hydrogens is 300 g/mol. The zero-order valence-electron chi connectivity index (χ0n) is 17.8. The monoisotopic (exact) mass is 342 g/mol. The van der Waals surface area contributed by atoms with Crippen LogP contribution in [-0.2, 0) is 0 Å². The van der Waals surface area contributed by atoms with Crippen LogP contribution in [0.3, 0.4) is 0 Å². The molecule has 0 aromatic rings. The molecule has 3 aliphatic carbocycles. The second kappa shape index (κ2) is 7.24. The lowest BCUT2D eigenvalue weighted by atomic mass is 9.53. The van der Waals surface area contributed by atoms with Crippen molar-refractivity contribution in [1.29, 1.82) is 0 Å². The van der Waals surface area contributed by atoms with E-state index in [1.165, 1.54) is 57.8 Å². The quantitative estimate of drug-likeness (QED) is 0.488. The molecule has 0 aliphatic heterocycles. The molecule has 3 unspecified atom stereocenters. The summed E-state index contributed by atoms with van der Waals surface area (Å²) in [6.45, 7) is 15.0. The van der Waals surface area contributed by atoms with Gasteiger partial charge in [0.2, 0.25) is 0 Å². The normalized spacial score (nSPS) is 46.4. The molecular formula is C25H42. The van der Waals surface area contributed by atoms with E-state index in [9.17, 15) is 0 Å². The first-order chi connectivity index (χ1) is 11.8. The molecule has 0 bridgehead atoms. The van der Waals surface area contributed by atoms with Crippen LogP contribution in [0.15, 0.2) is 23.3 Å². The van der Waals surface area contributed by atoms with Crippen molar-refractivity contribution in [2.75, 3.05) is 0 Å². The van der Waals surface area contributed by atoms with Crippen molar-refractivity contribution in [3.63, 3.8) is 0 Å². The third-order valence-electron chi connectivity index (χ3n) is 8.76. The minimum Gasteiger partial charge on any atom is -0.0697 e. The molecule has 3 saturated carbocycles. The van der Waals surface area contributed by atoms with E-state index in [-0.39, 0.29) is 0 Å². The summed E-state index contributed by atoms with van der Waals surface area (Å²) >= 11 is 0. The molecule has 0 heteroatoms. The van der Waals surface area contributed by atoms with Gasteiger partial charge in [0.25, 0.3) is 0 Å². The van der Waals surface area contributed by atoms with E-state index in [0.717, 1.165) is 23.7 Å². The molecule has 0 aromatic carbocycles. The molecule has 0 spiro atoms. The minimum atomic E-state index is 0.447. The summed E-state index contributed by atoms with van der Waals surface area (Å²) in [6, 6.07) is 0. The Morgan fingerprint density at radius 3 is 2.40 bits per heavy atom. The Bertz CT molecular complexity index is 526. The van der Waals surface area contributed by atoms with Crippen molar-refractivity contribution in [2.24, 2.45) is 34.5 Å². The van der Waals surface area contributed by atoms with E-state index >= 15 is 0 Å². The van der Waals surface area contributed by atoms with Crippen molar-refractivity contribution in [2.45, 2.75) is 99.3 Å². The Morgan fingerprint density at radius 2 is 1.76 bits per heavy atom. The SMILES string of the molecule is CC[C@H](C)C1CC[C@@]2(C)/C(=C/C=C3CC(C)C[C@H](C)C3)CCCC12C. The Labute approximate surface area is 157 Å². The topological polar surface area (TPSA) is 0 Å². The lowest BCUT2D eigenvalue weighted by Gasteiger charge is -2.51. The first-order valence-electron chi connectivity index (χ1n) is 11.2. The van der Waals surface area contributed by atoms with Gasteiger partial charge in [-0.3, -0.25) is 0 Å². The molecule has 3 fully saturated rings. The van der Waals surface area contributed by atoms with Gasteiger partial charge in [-0.1, -0.05) is 71.3 Å². The Kier molecular flexibility index (Phi) is 5.57. The number of rotatable bonds is 3. The summed E-state index contributed by atoms with van der Waals surface area (Å²) in [6.07, 6.45) is 17.6. The van der Waals surface area contributed by atoms with Crippen molar-refractivity contribution < 1.29 is 0 Å². The molecule has 3 rings (SSSR count). The molecule has 0 aromatic heterocycles. The summed E-state index contributed by atoms with van der Waals surface area (Å²) in [7, 11) is 0. The highest BCUT2D eigenvalue weighted by Crippen LogP contribution is 2.66. The minimum absolute atomic E-state index is 0.447. The van der Waals surface area contributed by atoms with Crippen LogP contribution in [0.2, 0.25) is 0 Å². The van der Waals surface area contributed by atoms with Gasteiger partial charge in [0.1, 0.15) is 0 Å². The number of fused-ring (bicyclic) bond motifs is 1. The van der Waals surface area contributed by atoms with Crippen molar-refractivity contribution in [3.05, 3.63) is 23.3 Å². The summed E-state index contributed by atoms with van der Waals surface area (Å²) in [4.78, 5) is 0. The highest BCUT2D eigenvalue weighted by Gasteiger charge is 2.57. The molecule has 0 heterocycles. The first-order valence-corrected chi connectivity index (χ1v) is 11.2. The lowest BCUT2D eigenvalue weighted by Crippen LogP contribution is -2.43. The van der Waals surface area contributed by atoms with Gasteiger partial charge in [-0.2, -0.15) is 0 Å². The average Bonchev–Trinajstić information content (AvgIpc) is 2.83. The van der Waals surface area contributed by atoms with Gasteiger partial charge in [0.15, 0.2) is 0 Å². The van der Waals surface area contributed by atoms with Crippen molar-refractivity contribution >= 4 is 0 Å². The third-order valence-corrected chi connectivity index (χ3v) is 8.76. The summed E-state index contributed by atoms with van der Waals surface area (Å²) in [5, 5.41) is 0. The zero-order valence-corrected chi connectivity index (χ0v) is 17.8. The smallest absolute Gasteiger partial charge is 0.00567 e. The Hall–Kier alpha value is -0.520. The molecule has 0 nitrogen and oxygen atoms in total. The van der Waals surface area contributed by atoms with E-state index in [4.69, 9.17) is 0 Å². The zero-order chi connectivity index (χ0) is 18.2. The van der Waals surface area contributed by atoms with Crippen LogP contribution in [0.5, 0.6) is 0 Å². The maximum Gasteiger partial charge on any atom is -0.00567 e. The predicted octanol–water partition coefficient (Wildman–Crippen LogP) is 7.95. The van der Waals surface area contributed by atoms with Crippen LogP contribution < -0.4 is 0 Å². The predicted molar refractivity (Wildman–Crippen MR) is 111 cm³/mol. The molecule has 0 N–H and O–H groups in total. The maximum atomic E-state index is 2.64. The van der Waals surface area contributed by atoms with Crippen molar-refractivity contribution in [3.8, 4) is 0 Å². The van der Waals surface area contributed by atoms with Gasteiger partial charge in [-0.15, -0.1) is 0 Å². The third kappa shape index (κ3) is 3.40. The second-order valence-corrected chi connectivity index (χ2v) is 10.5. The number of hydrogen-bond acceptors (Lipinski definition) is 0. The van der Waals surface area contributed by atoms with Crippen molar-refractivity contribution in [1.82, 2.24) is 0 Å². The Morgan fingerprint density at radius 1 is 1.08 bits per heavy atom. The van der Waals surface area contributed by atoms with Gasteiger partial charge in [-0.05, 0) is 85.9 Å². The van der Waals surface area contributed by atoms with Gasteiger partial charge < -0.3 is 0 Å². The molecule has 0 amide bonds. The molecule has 25 heavy (non-hydrogen) atoms. The van der Waals surface area contributed by atoms with E-state index in [1.807, 2.05) is 0 Å². The largest absolute Gasteiger partial charge is 0.0697 e. The van der Waals surface area contributed by atoms with Crippen LogP contribution in [-0.4, -0.2) is 0 Å². The van der Waals surface area contributed by atoms with Crippen LogP contribution in [0.25, 0.3) is 0 Å². The fourth-order valence-electron chi connectivity index (χ4n) is 7.02. The standard InChI is InChI=1S/C25H42/c1-7-20(4)23-12-14-24(5)22(9-8-13-25(23,24)6)11-10-21-16-18(2)15-19(3)17-21/h10-11,18-20,23H,7-9,12-17H2,1-6H3/b21-10?,22-11+/t18-,19?,20-,23?,24-,25?/m0/s1. The van der Waals surface area contributed by atoms with E-state index in [2.05, 4.69) is 53.7 Å². The molecule has 0 radical (unpaired) electrons.